The molecule has 0 unspecified atom stereocenters. The normalized spacial score (nSPS) is 10.2. The summed E-state index contributed by atoms with van der Waals surface area (Å²) in [5.41, 5.74) is 5.84. The number of hydrogen-bond donors (Lipinski definition) is 0. The Bertz CT molecular complexity index is 881. The van der Waals surface area contributed by atoms with Gasteiger partial charge in [-0.15, -0.1) is 0 Å². The van der Waals surface area contributed by atoms with Gasteiger partial charge in [-0.3, -0.25) is 0 Å². The molecule has 0 amide bonds. The van der Waals surface area contributed by atoms with E-state index in [4.69, 9.17) is 9.47 Å². The molecule has 0 fully saturated rings. The molecule has 0 aromatic heterocycles. The van der Waals surface area contributed by atoms with Gasteiger partial charge in [-0.25, -0.2) is 9.59 Å². The number of aryl methyl sites for hydroxylation is 2. The van der Waals surface area contributed by atoms with E-state index in [0.29, 0.717) is 16.9 Å². The van der Waals surface area contributed by atoms with E-state index in [-0.39, 0.29) is 6.61 Å². The number of hydrogen-bond acceptors (Lipinski definition) is 4. The molecule has 0 aliphatic heterocycles. The van der Waals surface area contributed by atoms with E-state index in [2.05, 4.69) is 13.2 Å². The molecule has 0 aliphatic rings. The Morgan fingerprint density at radius 3 is 1.85 bits per heavy atom. The lowest BCUT2D eigenvalue weighted by atomic mass is 9.96. The average Bonchev–Trinajstić information content (AvgIpc) is 2.61. The monoisotopic (exact) mass is 364 g/mol. The van der Waals surface area contributed by atoms with Gasteiger partial charge in [0.15, 0.2) is 0 Å². The number of esters is 2. The highest BCUT2D eigenvalue weighted by atomic mass is 16.5. The van der Waals surface area contributed by atoms with Gasteiger partial charge in [0.2, 0.25) is 0 Å². The summed E-state index contributed by atoms with van der Waals surface area (Å²) in [5.74, 6) is -0.357. The molecule has 2 aromatic rings. The van der Waals surface area contributed by atoms with Crippen LogP contribution in [0.1, 0.15) is 30.5 Å². The highest BCUT2D eigenvalue weighted by Gasteiger charge is 2.11. The summed E-state index contributed by atoms with van der Waals surface area (Å²) in [7, 11) is 0. The number of carbonyl (C=O) groups is 2. The molecule has 27 heavy (non-hydrogen) atoms. The van der Waals surface area contributed by atoms with E-state index in [1.807, 2.05) is 38.1 Å². The minimum atomic E-state index is -0.442. The minimum Gasteiger partial charge on any atom is -0.457 e. The summed E-state index contributed by atoms with van der Waals surface area (Å²) < 4.78 is 10.5. The molecule has 2 aromatic carbocycles. The maximum absolute atomic E-state index is 11.6. The molecule has 0 radical (unpaired) electrons. The van der Waals surface area contributed by atoms with Crippen molar-refractivity contribution < 1.29 is 19.1 Å². The summed E-state index contributed by atoms with van der Waals surface area (Å²) in [6.07, 6.45) is 0. The van der Waals surface area contributed by atoms with Crippen molar-refractivity contribution in [3.05, 3.63) is 77.4 Å². The number of carbonyl (C=O) groups excluding carboxylic acids is 2. The van der Waals surface area contributed by atoms with Crippen molar-refractivity contribution in [3.8, 4) is 16.9 Å². The van der Waals surface area contributed by atoms with Crippen LogP contribution in [0.15, 0.2) is 60.7 Å². The fourth-order valence-electron chi connectivity index (χ4n) is 2.56. The summed E-state index contributed by atoms with van der Waals surface area (Å²) in [5, 5.41) is 0. The van der Waals surface area contributed by atoms with Crippen LogP contribution in [0.4, 0.5) is 0 Å². The molecule has 4 heteroatoms. The van der Waals surface area contributed by atoms with Gasteiger partial charge in [0.25, 0.3) is 0 Å². The third kappa shape index (κ3) is 5.17. The lowest BCUT2D eigenvalue weighted by Crippen LogP contribution is -2.08. The van der Waals surface area contributed by atoms with E-state index >= 15 is 0 Å². The van der Waals surface area contributed by atoms with Crippen LogP contribution in [0.25, 0.3) is 11.1 Å². The summed E-state index contributed by atoms with van der Waals surface area (Å²) in [6.45, 7) is 14.6. The average molecular weight is 364 g/mol. The predicted octanol–water partition coefficient (Wildman–Crippen LogP) is 5.07. The van der Waals surface area contributed by atoms with Gasteiger partial charge in [0.1, 0.15) is 12.4 Å². The van der Waals surface area contributed by atoms with E-state index in [0.717, 1.165) is 27.8 Å². The van der Waals surface area contributed by atoms with Crippen molar-refractivity contribution in [2.75, 3.05) is 0 Å². The quantitative estimate of drug-likeness (QED) is 0.408. The van der Waals surface area contributed by atoms with Crippen molar-refractivity contribution in [3.63, 3.8) is 0 Å². The largest absolute Gasteiger partial charge is 0.457 e. The van der Waals surface area contributed by atoms with Gasteiger partial charge in [-0.1, -0.05) is 37.4 Å². The second-order valence-electron chi connectivity index (χ2n) is 6.64. The molecule has 0 bridgehead atoms. The molecule has 0 aliphatic carbocycles. The van der Waals surface area contributed by atoms with Crippen LogP contribution in [-0.2, 0) is 20.9 Å². The molecule has 0 spiro atoms. The molecular weight excluding hydrogens is 340 g/mol. The molecule has 0 atom stereocenters. The molecular formula is C23H24O4. The molecule has 0 saturated carbocycles. The van der Waals surface area contributed by atoms with Crippen molar-refractivity contribution in [1.29, 1.82) is 0 Å². The van der Waals surface area contributed by atoms with Crippen molar-refractivity contribution in [2.45, 2.75) is 34.3 Å². The Balaban J connectivity index is 2.19. The van der Waals surface area contributed by atoms with Gasteiger partial charge in [-0.2, -0.15) is 0 Å². The predicted molar refractivity (Wildman–Crippen MR) is 106 cm³/mol. The van der Waals surface area contributed by atoms with Gasteiger partial charge in [-0.05, 0) is 67.6 Å². The van der Waals surface area contributed by atoms with Crippen molar-refractivity contribution >= 4 is 11.9 Å². The number of benzene rings is 2. The van der Waals surface area contributed by atoms with Crippen LogP contribution in [0.2, 0.25) is 0 Å². The Labute approximate surface area is 160 Å². The van der Waals surface area contributed by atoms with Gasteiger partial charge in [0.05, 0.1) is 0 Å². The SMILES string of the molecule is C=C(C)C(=O)OCc1c(C)cc(-c2ccc(OC(=O)C(=C)C)cc2)cc1C. The molecule has 0 heterocycles. The van der Waals surface area contributed by atoms with Crippen LogP contribution in [-0.4, -0.2) is 11.9 Å². The second kappa shape index (κ2) is 8.49. The zero-order chi connectivity index (χ0) is 20.1. The zero-order valence-electron chi connectivity index (χ0n) is 16.2. The molecule has 0 saturated heterocycles. The maximum Gasteiger partial charge on any atom is 0.338 e. The minimum absolute atomic E-state index is 0.222. The van der Waals surface area contributed by atoms with E-state index in [1.165, 1.54) is 0 Å². The van der Waals surface area contributed by atoms with Crippen LogP contribution in [0, 0.1) is 13.8 Å². The van der Waals surface area contributed by atoms with Crippen LogP contribution in [0.5, 0.6) is 5.75 Å². The Kier molecular flexibility index (Phi) is 6.35. The highest BCUT2D eigenvalue weighted by Crippen LogP contribution is 2.27. The highest BCUT2D eigenvalue weighted by molar-refractivity contribution is 5.89. The fraction of sp³-hybridized carbons (Fsp3) is 0.217. The second-order valence-corrected chi connectivity index (χ2v) is 6.64. The summed E-state index contributed by atoms with van der Waals surface area (Å²) >= 11 is 0. The molecule has 0 N–H and O–H groups in total. The lowest BCUT2D eigenvalue weighted by Gasteiger charge is -2.14. The lowest BCUT2D eigenvalue weighted by molar-refractivity contribution is -0.140. The third-order valence-corrected chi connectivity index (χ3v) is 4.14. The van der Waals surface area contributed by atoms with Crippen molar-refractivity contribution in [2.24, 2.45) is 0 Å². The zero-order valence-corrected chi connectivity index (χ0v) is 16.2. The summed E-state index contributed by atoms with van der Waals surface area (Å²) in [6, 6.07) is 11.4. The van der Waals surface area contributed by atoms with Gasteiger partial charge >= 0.3 is 11.9 Å². The van der Waals surface area contributed by atoms with Crippen LogP contribution in [0.3, 0.4) is 0 Å². The maximum atomic E-state index is 11.6. The topological polar surface area (TPSA) is 52.6 Å². The number of rotatable bonds is 6. The molecule has 4 nitrogen and oxygen atoms in total. The first-order valence-corrected chi connectivity index (χ1v) is 8.60. The van der Waals surface area contributed by atoms with E-state index in [1.54, 1.807) is 26.0 Å². The van der Waals surface area contributed by atoms with Gasteiger partial charge < -0.3 is 9.47 Å². The summed E-state index contributed by atoms with van der Waals surface area (Å²) in [4.78, 5) is 23.2. The first-order valence-electron chi connectivity index (χ1n) is 8.60. The Hall–Kier alpha value is -3.14. The number of ether oxygens (including phenoxy) is 2. The fourth-order valence-corrected chi connectivity index (χ4v) is 2.56. The Morgan fingerprint density at radius 1 is 0.852 bits per heavy atom. The third-order valence-electron chi connectivity index (χ3n) is 4.14. The first-order chi connectivity index (χ1) is 12.7. The van der Waals surface area contributed by atoms with Crippen LogP contribution >= 0.6 is 0 Å². The Morgan fingerprint density at radius 2 is 1.37 bits per heavy atom. The van der Waals surface area contributed by atoms with Crippen LogP contribution < -0.4 is 4.74 Å². The smallest absolute Gasteiger partial charge is 0.338 e. The van der Waals surface area contributed by atoms with E-state index in [9.17, 15) is 9.59 Å². The standard InChI is InChI=1S/C23H24O4/c1-14(2)22(24)26-13-21-16(5)11-19(12-17(21)6)18-7-9-20(10-8-18)27-23(25)15(3)4/h7-12H,1,3,13H2,2,4-6H3. The van der Waals surface area contributed by atoms with Crippen molar-refractivity contribution in [1.82, 2.24) is 0 Å². The van der Waals surface area contributed by atoms with Gasteiger partial charge in [0, 0.05) is 11.1 Å². The molecule has 2 rings (SSSR count). The molecule has 140 valence electrons. The first kappa shape index (κ1) is 20.2. The van der Waals surface area contributed by atoms with E-state index < -0.39 is 11.9 Å².